The third kappa shape index (κ3) is 4.42. The van der Waals surface area contributed by atoms with Gasteiger partial charge < -0.3 is 14.6 Å². The number of aliphatic hydroxyl groups is 1. The predicted octanol–water partition coefficient (Wildman–Crippen LogP) is 1.44. The number of aryl methyl sites for hydroxylation is 2. The fraction of sp³-hybridized carbons (Fsp3) is 0.429. The van der Waals surface area contributed by atoms with E-state index in [2.05, 4.69) is 9.97 Å². The van der Waals surface area contributed by atoms with Crippen LogP contribution in [0.1, 0.15) is 30.3 Å². The zero-order chi connectivity index (χ0) is 23.9. The molecule has 2 N–H and O–H groups in total. The average Bonchev–Trinajstić information content (AvgIpc) is 3.32. The van der Waals surface area contributed by atoms with E-state index in [0.29, 0.717) is 11.1 Å². The minimum absolute atomic E-state index is 0.0179. The van der Waals surface area contributed by atoms with Crippen LogP contribution in [0.4, 0.5) is 13.2 Å². The van der Waals surface area contributed by atoms with Crippen LogP contribution < -0.4 is 11.2 Å². The highest BCUT2D eigenvalue weighted by atomic mass is 19.4. The number of hydrogen-bond acceptors (Lipinski definition) is 5. The first-order chi connectivity index (χ1) is 15.6. The molecule has 1 saturated heterocycles. The van der Waals surface area contributed by atoms with E-state index in [1.165, 1.54) is 28.7 Å². The number of imidazole rings is 1. The molecule has 12 heteroatoms. The van der Waals surface area contributed by atoms with Gasteiger partial charge in [0.15, 0.2) is 0 Å². The number of alkyl halides is 3. The Balaban J connectivity index is 1.44. The topological polar surface area (TPSA) is 113 Å². The van der Waals surface area contributed by atoms with Gasteiger partial charge in [0.25, 0.3) is 5.56 Å². The standard InChI is InChI=1S/C21H22F3N5O4/c1-12-9-29(20(33)26-18(12)32)15-10-27(11-16(15)30)17(31)7-4-8-28-14-6-3-2-5-13(14)25-19(28)21(22,23)24/h2-3,5-6,9,15-16,30H,4,7-8,10-11H2,1H3,(H,26,32,33)/t15-,16-/m1/s1. The van der Waals surface area contributed by atoms with Crippen LogP contribution in [0.3, 0.4) is 0 Å². The Hall–Kier alpha value is -3.41. The summed E-state index contributed by atoms with van der Waals surface area (Å²) < 4.78 is 42.5. The third-order valence-corrected chi connectivity index (χ3v) is 5.80. The van der Waals surface area contributed by atoms with E-state index in [9.17, 15) is 32.7 Å². The van der Waals surface area contributed by atoms with E-state index in [-0.39, 0.29) is 43.9 Å². The molecule has 0 spiro atoms. The van der Waals surface area contributed by atoms with E-state index >= 15 is 0 Å². The van der Waals surface area contributed by atoms with Gasteiger partial charge in [0.2, 0.25) is 11.7 Å². The molecule has 2 aromatic heterocycles. The maximum Gasteiger partial charge on any atom is 0.449 e. The Morgan fingerprint density at radius 3 is 2.70 bits per heavy atom. The summed E-state index contributed by atoms with van der Waals surface area (Å²) in [5.74, 6) is -1.36. The van der Waals surface area contributed by atoms with E-state index < -0.39 is 35.4 Å². The molecule has 0 aliphatic carbocycles. The molecule has 0 radical (unpaired) electrons. The van der Waals surface area contributed by atoms with Gasteiger partial charge in [-0.05, 0) is 25.5 Å². The SMILES string of the molecule is Cc1cn([C@@H]2CN(C(=O)CCCn3c(C(F)(F)F)nc4ccccc43)C[C@H]2O)c(=O)[nH]c1=O. The summed E-state index contributed by atoms with van der Waals surface area (Å²) in [7, 11) is 0. The van der Waals surface area contributed by atoms with Gasteiger partial charge >= 0.3 is 11.9 Å². The Morgan fingerprint density at radius 1 is 1.24 bits per heavy atom. The number of aromatic nitrogens is 4. The number of amides is 1. The molecule has 9 nitrogen and oxygen atoms in total. The smallest absolute Gasteiger partial charge is 0.389 e. The normalized spacial score (nSPS) is 18.9. The van der Waals surface area contributed by atoms with Crippen LogP contribution in [0, 0.1) is 6.92 Å². The van der Waals surface area contributed by atoms with Crippen molar-refractivity contribution in [2.45, 2.75) is 44.6 Å². The average molecular weight is 465 g/mol. The lowest BCUT2D eigenvalue weighted by Gasteiger charge is -2.18. The number of nitrogens with zero attached hydrogens (tertiary/aromatic N) is 4. The summed E-state index contributed by atoms with van der Waals surface area (Å²) in [5.41, 5.74) is -0.359. The molecule has 1 amide bonds. The molecule has 0 unspecified atom stereocenters. The molecule has 0 saturated carbocycles. The fourth-order valence-corrected chi connectivity index (χ4v) is 4.14. The fourth-order valence-electron chi connectivity index (χ4n) is 4.14. The second-order valence-corrected chi connectivity index (χ2v) is 8.09. The number of aromatic amines is 1. The number of β-amino-alcohol motifs (C(OH)–C–C–N with tert-alkyl or cyclic N) is 1. The summed E-state index contributed by atoms with van der Waals surface area (Å²) in [6, 6.07) is 5.54. The van der Waals surface area contributed by atoms with E-state index in [1.54, 1.807) is 18.2 Å². The number of fused-ring (bicyclic) bond motifs is 1. The van der Waals surface area contributed by atoms with E-state index in [0.717, 1.165) is 4.57 Å². The van der Waals surface area contributed by atoms with Crippen LogP contribution in [0.15, 0.2) is 40.1 Å². The van der Waals surface area contributed by atoms with Crippen molar-refractivity contribution in [2.75, 3.05) is 13.1 Å². The molecule has 1 aromatic carbocycles. The van der Waals surface area contributed by atoms with E-state index in [1.807, 2.05) is 0 Å². The molecule has 1 aliphatic heterocycles. The lowest BCUT2D eigenvalue weighted by Crippen LogP contribution is -2.37. The van der Waals surface area contributed by atoms with Gasteiger partial charge in [-0.1, -0.05) is 12.1 Å². The number of hydrogen-bond donors (Lipinski definition) is 2. The molecule has 2 atom stereocenters. The van der Waals surface area contributed by atoms with Crippen molar-refractivity contribution in [3.8, 4) is 0 Å². The number of para-hydroxylation sites is 2. The second kappa shape index (κ2) is 8.50. The first-order valence-corrected chi connectivity index (χ1v) is 10.4. The molecule has 33 heavy (non-hydrogen) atoms. The highest BCUT2D eigenvalue weighted by Crippen LogP contribution is 2.32. The van der Waals surface area contributed by atoms with Gasteiger partial charge in [0, 0.05) is 37.8 Å². The summed E-state index contributed by atoms with van der Waals surface area (Å²) in [5, 5.41) is 10.4. The number of rotatable bonds is 5. The maximum atomic E-state index is 13.4. The first kappa shape index (κ1) is 22.8. The number of halogens is 3. The lowest BCUT2D eigenvalue weighted by atomic mass is 10.2. The lowest BCUT2D eigenvalue weighted by molar-refractivity contribution is -0.146. The molecule has 0 bridgehead atoms. The number of benzene rings is 1. The van der Waals surface area contributed by atoms with Crippen LogP contribution in [0.25, 0.3) is 11.0 Å². The number of nitrogens with one attached hydrogen (secondary N) is 1. The van der Waals surface area contributed by atoms with Crippen molar-refractivity contribution in [3.63, 3.8) is 0 Å². The molecule has 1 aliphatic rings. The minimum Gasteiger partial charge on any atom is -0.389 e. The molecule has 4 rings (SSSR count). The number of H-pyrrole nitrogens is 1. The highest BCUT2D eigenvalue weighted by molar-refractivity contribution is 5.77. The number of carbonyl (C=O) groups is 1. The van der Waals surface area contributed by atoms with Gasteiger partial charge in [-0.15, -0.1) is 0 Å². The number of carbonyl (C=O) groups excluding carboxylic acids is 1. The summed E-state index contributed by atoms with van der Waals surface area (Å²) in [4.78, 5) is 43.6. The summed E-state index contributed by atoms with van der Waals surface area (Å²) in [6.45, 7) is 1.50. The Kier molecular flexibility index (Phi) is 5.87. The van der Waals surface area contributed by atoms with Crippen LogP contribution in [0.2, 0.25) is 0 Å². The van der Waals surface area contributed by atoms with Crippen LogP contribution in [0.5, 0.6) is 0 Å². The Bertz CT molecular complexity index is 1310. The van der Waals surface area contributed by atoms with Crippen molar-refractivity contribution in [2.24, 2.45) is 0 Å². The quantitative estimate of drug-likeness (QED) is 0.592. The molecule has 3 heterocycles. The summed E-state index contributed by atoms with van der Waals surface area (Å²) >= 11 is 0. The second-order valence-electron chi connectivity index (χ2n) is 8.09. The van der Waals surface area contributed by atoms with Crippen LogP contribution in [-0.2, 0) is 17.5 Å². The first-order valence-electron chi connectivity index (χ1n) is 10.4. The Labute approximate surface area is 185 Å². The highest BCUT2D eigenvalue weighted by Gasteiger charge is 2.38. The molecule has 1 fully saturated rings. The van der Waals surface area contributed by atoms with Gasteiger partial charge in [-0.3, -0.25) is 19.1 Å². The molecule has 176 valence electrons. The van der Waals surface area contributed by atoms with Gasteiger partial charge in [-0.25, -0.2) is 9.78 Å². The number of aliphatic hydroxyl groups excluding tert-OH is 1. The Morgan fingerprint density at radius 2 is 1.97 bits per heavy atom. The zero-order valence-corrected chi connectivity index (χ0v) is 17.7. The predicted molar refractivity (Wildman–Crippen MR) is 112 cm³/mol. The molecular weight excluding hydrogens is 443 g/mol. The monoisotopic (exact) mass is 465 g/mol. The largest absolute Gasteiger partial charge is 0.449 e. The third-order valence-electron chi connectivity index (χ3n) is 5.80. The van der Waals surface area contributed by atoms with Crippen molar-refractivity contribution in [3.05, 3.63) is 62.7 Å². The van der Waals surface area contributed by atoms with Crippen molar-refractivity contribution in [1.29, 1.82) is 0 Å². The van der Waals surface area contributed by atoms with Crippen molar-refractivity contribution < 1.29 is 23.1 Å². The van der Waals surface area contributed by atoms with Gasteiger partial charge in [-0.2, -0.15) is 13.2 Å². The molecular formula is C21H22F3N5O4. The number of likely N-dealkylation sites (tertiary alicyclic amines) is 1. The van der Waals surface area contributed by atoms with Gasteiger partial charge in [0.05, 0.1) is 23.2 Å². The van der Waals surface area contributed by atoms with E-state index in [4.69, 9.17) is 0 Å². The van der Waals surface area contributed by atoms with Crippen LogP contribution in [-0.4, -0.2) is 54.2 Å². The summed E-state index contributed by atoms with van der Waals surface area (Å²) in [6.07, 6.45) is -4.21. The zero-order valence-electron chi connectivity index (χ0n) is 17.7. The van der Waals surface area contributed by atoms with Crippen molar-refractivity contribution in [1.82, 2.24) is 24.0 Å². The molecule has 3 aromatic rings. The van der Waals surface area contributed by atoms with Gasteiger partial charge in [0.1, 0.15) is 0 Å². The maximum absolute atomic E-state index is 13.4. The van der Waals surface area contributed by atoms with Crippen LogP contribution >= 0.6 is 0 Å². The minimum atomic E-state index is -4.63. The van der Waals surface area contributed by atoms with Crippen molar-refractivity contribution >= 4 is 16.9 Å².